The summed E-state index contributed by atoms with van der Waals surface area (Å²) in [4.78, 5) is 11.8. The second-order valence-electron chi connectivity index (χ2n) is 4.39. The van der Waals surface area contributed by atoms with Crippen molar-refractivity contribution in [3.05, 3.63) is 17.0 Å². The van der Waals surface area contributed by atoms with Crippen LogP contribution in [0.5, 0.6) is 0 Å². The van der Waals surface area contributed by atoms with Crippen molar-refractivity contribution in [3.63, 3.8) is 0 Å². The molecule has 0 aliphatic carbocycles. The van der Waals surface area contributed by atoms with Crippen molar-refractivity contribution in [2.24, 2.45) is 5.14 Å². The highest BCUT2D eigenvalue weighted by atomic mass is 32.2. The molecular weight excluding hydrogens is 260 g/mol. The molecule has 1 rings (SSSR count). The van der Waals surface area contributed by atoms with E-state index in [9.17, 15) is 13.2 Å². The van der Waals surface area contributed by atoms with Crippen LogP contribution < -0.4 is 10.5 Å². The predicted octanol–water partition coefficient (Wildman–Crippen LogP) is 1.31. The number of carbonyl (C=O) groups excluding carboxylic acids is 1. The monoisotopic (exact) mass is 276 g/mol. The first-order valence-corrected chi connectivity index (χ1v) is 7.52. The summed E-state index contributed by atoms with van der Waals surface area (Å²) in [6.07, 6.45) is 0.783. The number of carbonyl (C=O) groups is 1. The van der Waals surface area contributed by atoms with Crippen molar-refractivity contribution in [1.29, 1.82) is 0 Å². The zero-order valence-electron chi connectivity index (χ0n) is 9.98. The van der Waals surface area contributed by atoms with E-state index in [1.807, 2.05) is 20.8 Å². The summed E-state index contributed by atoms with van der Waals surface area (Å²) in [7, 11) is -3.73. The van der Waals surface area contributed by atoms with E-state index in [4.69, 9.17) is 5.14 Å². The van der Waals surface area contributed by atoms with E-state index in [-0.39, 0.29) is 15.7 Å². The molecular formula is C10H16N2O3S2. The van der Waals surface area contributed by atoms with Gasteiger partial charge in [-0.1, -0.05) is 6.92 Å². The number of primary sulfonamides is 1. The fourth-order valence-electron chi connectivity index (χ4n) is 1.05. The summed E-state index contributed by atoms with van der Waals surface area (Å²) in [6, 6.07) is 1.29. The highest BCUT2D eigenvalue weighted by Gasteiger charge is 2.21. The van der Waals surface area contributed by atoms with Crippen molar-refractivity contribution in [2.45, 2.75) is 36.9 Å². The molecule has 0 spiro atoms. The lowest BCUT2D eigenvalue weighted by molar-refractivity contribution is 0.0911. The summed E-state index contributed by atoms with van der Waals surface area (Å²) in [6.45, 7) is 5.76. The standard InChI is InChI=1S/C10H16N2O3S2/c1-4-10(2,3)12-9(13)7-5-8(16-6-7)17(11,14)15/h5-6H,4H2,1-3H3,(H,12,13)(H2,11,14,15). The van der Waals surface area contributed by atoms with E-state index in [0.29, 0.717) is 5.56 Å². The van der Waals surface area contributed by atoms with Crippen molar-refractivity contribution in [3.8, 4) is 0 Å². The fraction of sp³-hybridized carbons (Fsp3) is 0.500. The van der Waals surface area contributed by atoms with Gasteiger partial charge in [0.1, 0.15) is 4.21 Å². The lowest BCUT2D eigenvalue weighted by Gasteiger charge is -2.24. The average Bonchev–Trinajstić information content (AvgIpc) is 2.65. The molecule has 1 aromatic rings. The molecule has 0 aliphatic rings. The Balaban J connectivity index is 2.89. The van der Waals surface area contributed by atoms with Crippen LogP contribution in [0.2, 0.25) is 0 Å². The number of nitrogens with one attached hydrogen (secondary N) is 1. The number of thiophene rings is 1. The van der Waals surface area contributed by atoms with Crippen molar-refractivity contribution in [1.82, 2.24) is 5.32 Å². The average molecular weight is 276 g/mol. The molecule has 1 amide bonds. The summed E-state index contributed by atoms with van der Waals surface area (Å²) in [5.41, 5.74) is 0.00128. The van der Waals surface area contributed by atoms with Crippen LogP contribution in [0.3, 0.4) is 0 Å². The topological polar surface area (TPSA) is 89.3 Å². The first-order chi connectivity index (χ1) is 7.65. The van der Waals surface area contributed by atoms with Crippen LogP contribution in [0, 0.1) is 0 Å². The summed E-state index contributed by atoms with van der Waals surface area (Å²) >= 11 is 0.945. The highest BCUT2D eigenvalue weighted by molar-refractivity contribution is 7.91. The molecule has 1 aromatic heterocycles. The number of amides is 1. The molecule has 0 saturated heterocycles. The van der Waals surface area contributed by atoms with Crippen molar-refractivity contribution >= 4 is 27.3 Å². The molecule has 7 heteroatoms. The van der Waals surface area contributed by atoms with Gasteiger partial charge in [0, 0.05) is 10.9 Å². The van der Waals surface area contributed by atoms with E-state index < -0.39 is 10.0 Å². The normalized spacial score (nSPS) is 12.5. The Kier molecular flexibility index (Phi) is 3.95. The summed E-state index contributed by atoms with van der Waals surface area (Å²) < 4.78 is 22.1. The van der Waals surface area contributed by atoms with E-state index in [1.165, 1.54) is 11.4 Å². The Morgan fingerprint density at radius 3 is 2.53 bits per heavy atom. The van der Waals surface area contributed by atoms with Gasteiger partial charge in [-0.3, -0.25) is 4.79 Å². The third-order valence-corrected chi connectivity index (χ3v) is 4.84. The van der Waals surface area contributed by atoms with Crippen LogP contribution in [0.15, 0.2) is 15.7 Å². The largest absolute Gasteiger partial charge is 0.347 e. The number of nitrogens with two attached hydrogens (primary N) is 1. The Bertz CT molecular complexity index is 517. The lowest BCUT2D eigenvalue weighted by Crippen LogP contribution is -2.42. The smallest absolute Gasteiger partial charge is 0.252 e. The minimum atomic E-state index is -3.73. The molecule has 3 N–H and O–H groups in total. The zero-order chi connectivity index (χ0) is 13.3. The van der Waals surface area contributed by atoms with Gasteiger partial charge in [0.25, 0.3) is 5.91 Å². The molecule has 0 radical (unpaired) electrons. The Morgan fingerprint density at radius 2 is 2.12 bits per heavy atom. The molecule has 5 nitrogen and oxygen atoms in total. The van der Waals surface area contributed by atoms with E-state index in [2.05, 4.69) is 5.32 Å². The second-order valence-corrected chi connectivity index (χ2v) is 7.09. The second kappa shape index (κ2) is 4.75. The molecule has 17 heavy (non-hydrogen) atoms. The summed E-state index contributed by atoms with van der Waals surface area (Å²) in [5.74, 6) is -0.289. The lowest BCUT2D eigenvalue weighted by atomic mass is 10.0. The molecule has 0 aliphatic heterocycles. The van der Waals surface area contributed by atoms with E-state index in [0.717, 1.165) is 17.8 Å². The Labute approximate surface area is 105 Å². The van der Waals surface area contributed by atoms with Gasteiger partial charge < -0.3 is 5.32 Å². The SMILES string of the molecule is CCC(C)(C)NC(=O)c1csc(S(N)(=O)=O)c1. The van der Waals surface area contributed by atoms with Crippen LogP contribution in [0.1, 0.15) is 37.6 Å². The Morgan fingerprint density at radius 1 is 1.53 bits per heavy atom. The number of hydrogen-bond donors (Lipinski definition) is 2. The van der Waals surface area contributed by atoms with Crippen LogP contribution in [-0.4, -0.2) is 19.9 Å². The van der Waals surface area contributed by atoms with Crippen LogP contribution >= 0.6 is 11.3 Å². The minimum absolute atomic E-state index is 0.00282. The first-order valence-electron chi connectivity index (χ1n) is 5.09. The van der Waals surface area contributed by atoms with Gasteiger partial charge in [0.15, 0.2) is 0 Å². The van der Waals surface area contributed by atoms with Gasteiger partial charge in [-0.25, -0.2) is 13.6 Å². The number of rotatable bonds is 4. The Hall–Kier alpha value is -0.920. The molecule has 0 atom stereocenters. The maximum Gasteiger partial charge on any atom is 0.252 e. The highest BCUT2D eigenvalue weighted by Crippen LogP contribution is 2.19. The van der Waals surface area contributed by atoms with Gasteiger partial charge in [0.2, 0.25) is 10.0 Å². The van der Waals surface area contributed by atoms with Crippen LogP contribution in [0.4, 0.5) is 0 Å². The molecule has 1 heterocycles. The third kappa shape index (κ3) is 3.79. The molecule has 0 bridgehead atoms. The van der Waals surface area contributed by atoms with Crippen molar-refractivity contribution < 1.29 is 13.2 Å². The van der Waals surface area contributed by atoms with E-state index >= 15 is 0 Å². The number of sulfonamides is 1. The van der Waals surface area contributed by atoms with Crippen LogP contribution in [0.25, 0.3) is 0 Å². The molecule has 0 aromatic carbocycles. The maximum atomic E-state index is 11.8. The zero-order valence-corrected chi connectivity index (χ0v) is 11.6. The quantitative estimate of drug-likeness (QED) is 0.869. The first kappa shape index (κ1) is 14.1. The molecule has 96 valence electrons. The van der Waals surface area contributed by atoms with Gasteiger partial charge in [0.05, 0.1) is 5.56 Å². The van der Waals surface area contributed by atoms with Gasteiger partial charge in [-0.05, 0) is 26.3 Å². The van der Waals surface area contributed by atoms with Gasteiger partial charge in [-0.15, -0.1) is 11.3 Å². The van der Waals surface area contributed by atoms with Gasteiger partial charge >= 0.3 is 0 Å². The predicted molar refractivity (Wildman–Crippen MR) is 67.5 cm³/mol. The third-order valence-electron chi connectivity index (χ3n) is 2.45. The minimum Gasteiger partial charge on any atom is -0.347 e. The maximum absolute atomic E-state index is 11.8. The summed E-state index contributed by atoms with van der Waals surface area (Å²) in [5, 5.41) is 9.28. The molecule has 0 saturated carbocycles. The van der Waals surface area contributed by atoms with Crippen molar-refractivity contribution in [2.75, 3.05) is 0 Å². The van der Waals surface area contributed by atoms with Gasteiger partial charge in [-0.2, -0.15) is 0 Å². The molecule has 0 unspecified atom stereocenters. The van der Waals surface area contributed by atoms with Crippen LogP contribution in [-0.2, 0) is 10.0 Å². The molecule has 0 fully saturated rings. The fourth-order valence-corrected chi connectivity index (χ4v) is 2.64. The number of hydrogen-bond acceptors (Lipinski definition) is 4. The van der Waals surface area contributed by atoms with E-state index in [1.54, 1.807) is 0 Å².